The van der Waals surface area contributed by atoms with Crippen LogP contribution in [0.3, 0.4) is 0 Å². The van der Waals surface area contributed by atoms with Crippen molar-refractivity contribution < 1.29 is 13.3 Å². The smallest absolute Gasteiger partial charge is 0.137 e. The number of rotatable bonds is 4. The van der Waals surface area contributed by atoms with Crippen LogP contribution in [0, 0.1) is 0 Å². The van der Waals surface area contributed by atoms with Crippen LogP contribution in [0.5, 0.6) is 0 Å². The molecule has 0 aliphatic carbocycles. The maximum atomic E-state index is 11.0. The van der Waals surface area contributed by atoms with Gasteiger partial charge in [0.2, 0.25) is 0 Å². The molecule has 0 aromatic carbocycles. The van der Waals surface area contributed by atoms with Gasteiger partial charge in [-0.25, -0.2) is 8.93 Å². The zero-order chi connectivity index (χ0) is 8.28. The number of nitrogens with one attached hydrogen (secondary N) is 1. The van der Waals surface area contributed by atoms with Crippen molar-refractivity contribution in [2.24, 2.45) is 0 Å². The Morgan fingerprint density at radius 3 is 2.20 bits per heavy atom. The summed E-state index contributed by atoms with van der Waals surface area (Å²) in [6.07, 6.45) is 0.478. The van der Waals surface area contributed by atoms with Gasteiger partial charge in [-0.2, -0.15) is 0 Å². The second kappa shape index (κ2) is 2.96. The Balaban J connectivity index is 4.13. The normalized spacial score (nSPS) is 16.2. The van der Waals surface area contributed by atoms with Gasteiger partial charge >= 0.3 is 0 Å². The van der Waals surface area contributed by atoms with Crippen LogP contribution < -0.4 is 4.72 Å². The van der Waals surface area contributed by atoms with Crippen LogP contribution in [0.4, 0.5) is 0 Å². The fourth-order valence-electron chi connectivity index (χ4n) is 0.730. The summed E-state index contributed by atoms with van der Waals surface area (Å²) in [4.78, 5) is 0. The highest BCUT2D eigenvalue weighted by atomic mass is 32.3. The second-order valence-corrected chi connectivity index (χ2v) is 4.95. The molecule has 0 aliphatic rings. The molecule has 0 heterocycles. The molecular weight excluding hydrogens is 154 g/mol. The summed E-state index contributed by atoms with van der Waals surface area (Å²) in [6.45, 7) is 3.69. The highest BCUT2D eigenvalue weighted by Gasteiger charge is 2.26. The minimum Gasteiger partial charge on any atom is -0.297 e. The van der Waals surface area contributed by atoms with Crippen molar-refractivity contribution in [3.8, 4) is 0 Å². The van der Waals surface area contributed by atoms with E-state index in [1.807, 2.05) is 0 Å². The molecule has 5 heteroatoms. The predicted molar refractivity (Wildman–Crippen MR) is 42.2 cm³/mol. The molecule has 0 aliphatic heterocycles. The third-order valence-electron chi connectivity index (χ3n) is 1.01. The molecule has 0 bridgehead atoms. The third kappa shape index (κ3) is 3.94. The average Bonchev–Trinajstić information content (AvgIpc) is 1.61. The summed E-state index contributed by atoms with van der Waals surface area (Å²) in [5, 5.41) is 0. The van der Waals surface area contributed by atoms with Crippen LogP contribution in [-0.4, -0.2) is 25.6 Å². The molecule has 0 aromatic rings. The largest absolute Gasteiger partial charge is 0.297 e. The van der Waals surface area contributed by atoms with Gasteiger partial charge in [-0.15, -0.1) is 0 Å². The first-order valence-corrected chi connectivity index (χ1v) is 5.34. The van der Waals surface area contributed by atoms with Crippen molar-refractivity contribution in [3.05, 3.63) is 0 Å². The molecule has 0 atom stereocenters. The fraction of sp³-hybridized carbons (Fsp3) is 1.00. The van der Waals surface area contributed by atoms with Crippen LogP contribution in [-0.2, 0) is 9.81 Å². The lowest BCUT2D eigenvalue weighted by atomic mass is 10.6. The molecule has 0 unspecified atom stereocenters. The summed E-state index contributed by atoms with van der Waals surface area (Å²) in [7, 11) is -4.43. The van der Waals surface area contributed by atoms with Crippen molar-refractivity contribution in [2.45, 2.75) is 20.3 Å². The lowest BCUT2D eigenvalue weighted by Crippen LogP contribution is -2.49. The topological polar surface area (TPSA) is 69.6 Å². The summed E-state index contributed by atoms with van der Waals surface area (Å²) < 4.78 is 31.1. The SMILES string of the molecule is CCCS(=O)(O)(O)NCC. The molecule has 0 saturated heterocycles. The van der Waals surface area contributed by atoms with E-state index in [0.29, 0.717) is 13.0 Å². The maximum absolute atomic E-state index is 11.0. The van der Waals surface area contributed by atoms with Crippen LogP contribution >= 0.6 is 0 Å². The molecule has 0 aromatic heterocycles. The number of hydrogen-bond donors (Lipinski definition) is 3. The van der Waals surface area contributed by atoms with Gasteiger partial charge in [0, 0.05) is 6.54 Å². The fourth-order valence-corrected chi connectivity index (χ4v) is 2.19. The molecule has 0 rings (SSSR count). The van der Waals surface area contributed by atoms with Gasteiger partial charge in [-0.05, 0) is 6.42 Å². The summed E-state index contributed by atoms with van der Waals surface area (Å²) >= 11 is 0. The molecule has 0 fully saturated rings. The highest BCUT2D eigenvalue weighted by molar-refractivity contribution is 8.08. The Hall–Kier alpha value is 0.0300. The van der Waals surface area contributed by atoms with Crippen LogP contribution in [0.15, 0.2) is 0 Å². The molecule has 3 N–H and O–H groups in total. The maximum Gasteiger partial charge on any atom is 0.137 e. The zero-order valence-corrected chi connectivity index (χ0v) is 7.15. The minimum atomic E-state index is -4.43. The van der Waals surface area contributed by atoms with Crippen molar-refractivity contribution in [3.63, 3.8) is 0 Å². The summed E-state index contributed by atoms with van der Waals surface area (Å²) in [6, 6.07) is 0. The molecule has 10 heavy (non-hydrogen) atoms. The average molecular weight is 169 g/mol. The van der Waals surface area contributed by atoms with Crippen molar-refractivity contribution in [2.75, 3.05) is 12.3 Å². The first-order valence-electron chi connectivity index (χ1n) is 3.29. The first kappa shape index (κ1) is 10.0. The Morgan fingerprint density at radius 2 is 1.90 bits per heavy atom. The Bertz CT molecular complexity index is 150. The van der Waals surface area contributed by atoms with E-state index in [1.54, 1.807) is 13.8 Å². The van der Waals surface area contributed by atoms with Crippen molar-refractivity contribution >= 4 is 9.81 Å². The van der Waals surface area contributed by atoms with Crippen LogP contribution in [0.1, 0.15) is 20.3 Å². The van der Waals surface area contributed by atoms with E-state index in [1.165, 1.54) is 0 Å². The molecular formula is C5H15NO3S. The van der Waals surface area contributed by atoms with Gasteiger partial charge in [0.1, 0.15) is 9.81 Å². The Morgan fingerprint density at radius 1 is 1.40 bits per heavy atom. The standard InChI is InChI=1S/C5H15NO3S/c1-3-5-10(7,8,9)6-4-2/h3-5H2,1-2H3,(H3,6,7,8,9). The predicted octanol–water partition coefficient (Wildman–Crippen LogP) is 0.687. The number of hydrogen-bond acceptors (Lipinski definition) is 1. The summed E-state index contributed by atoms with van der Waals surface area (Å²) in [5.41, 5.74) is 0. The summed E-state index contributed by atoms with van der Waals surface area (Å²) in [5.74, 6) is -0.106. The van der Waals surface area contributed by atoms with E-state index in [4.69, 9.17) is 9.11 Å². The molecule has 64 valence electrons. The van der Waals surface area contributed by atoms with E-state index in [2.05, 4.69) is 4.72 Å². The van der Waals surface area contributed by atoms with Gasteiger partial charge in [0.15, 0.2) is 0 Å². The minimum absolute atomic E-state index is 0.106. The second-order valence-electron chi connectivity index (χ2n) is 2.22. The molecule has 0 amide bonds. The van der Waals surface area contributed by atoms with Gasteiger partial charge in [0.05, 0.1) is 5.75 Å². The molecule has 4 nitrogen and oxygen atoms in total. The lowest BCUT2D eigenvalue weighted by Gasteiger charge is -2.30. The van der Waals surface area contributed by atoms with Gasteiger partial charge < -0.3 is 0 Å². The highest BCUT2D eigenvalue weighted by Crippen LogP contribution is 2.11. The van der Waals surface area contributed by atoms with Crippen molar-refractivity contribution in [1.82, 2.24) is 4.72 Å². The van der Waals surface area contributed by atoms with Crippen molar-refractivity contribution in [1.29, 1.82) is 0 Å². The van der Waals surface area contributed by atoms with Crippen LogP contribution in [0.25, 0.3) is 0 Å². The van der Waals surface area contributed by atoms with E-state index < -0.39 is 9.81 Å². The first-order chi connectivity index (χ1) is 4.39. The van der Waals surface area contributed by atoms with Gasteiger partial charge in [-0.1, -0.05) is 13.8 Å². The van der Waals surface area contributed by atoms with Gasteiger partial charge in [-0.3, -0.25) is 9.11 Å². The molecule has 0 saturated carbocycles. The monoisotopic (exact) mass is 169 g/mol. The quantitative estimate of drug-likeness (QED) is 0.580. The molecule has 0 spiro atoms. The Labute approximate surface area is 61.2 Å². The molecule has 0 radical (unpaired) electrons. The lowest BCUT2D eigenvalue weighted by molar-refractivity contribution is 0.374. The van der Waals surface area contributed by atoms with E-state index in [9.17, 15) is 4.21 Å². The Kier molecular flexibility index (Phi) is 2.97. The van der Waals surface area contributed by atoms with Gasteiger partial charge in [0.25, 0.3) is 0 Å². The zero-order valence-electron chi connectivity index (χ0n) is 6.33. The van der Waals surface area contributed by atoms with E-state index in [-0.39, 0.29) is 5.75 Å². The van der Waals surface area contributed by atoms with E-state index >= 15 is 0 Å². The third-order valence-corrected chi connectivity index (χ3v) is 3.02. The van der Waals surface area contributed by atoms with E-state index in [0.717, 1.165) is 0 Å². The van der Waals surface area contributed by atoms with Crippen LogP contribution in [0.2, 0.25) is 0 Å².